The number of nitrogens with one attached hydrogen (secondary N) is 3. The molecule has 28 heavy (non-hydrogen) atoms. The van der Waals surface area contributed by atoms with Crippen molar-refractivity contribution in [2.24, 2.45) is 5.10 Å². The van der Waals surface area contributed by atoms with Crippen LogP contribution in [0.2, 0.25) is 0 Å². The number of amidine groups is 1. The lowest BCUT2D eigenvalue weighted by atomic mass is 10.1. The maximum atomic E-state index is 12.5. The molecule has 1 unspecified atom stereocenters. The first kappa shape index (κ1) is 18.1. The molecule has 1 saturated heterocycles. The van der Waals surface area contributed by atoms with Crippen molar-refractivity contribution in [3.05, 3.63) is 72.8 Å². The van der Waals surface area contributed by atoms with Gasteiger partial charge in [-0.3, -0.25) is 15.0 Å². The third kappa shape index (κ3) is 4.15. The van der Waals surface area contributed by atoms with Gasteiger partial charge in [-0.15, -0.1) is 5.10 Å². The highest BCUT2D eigenvalue weighted by Gasteiger charge is 2.32. The summed E-state index contributed by atoms with van der Waals surface area (Å²) >= 11 is 1.25. The van der Waals surface area contributed by atoms with E-state index in [2.05, 4.69) is 21.2 Å². The van der Waals surface area contributed by atoms with Crippen molar-refractivity contribution in [3.8, 4) is 0 Å². The summed E-state index contributed by atoms with van der Waals surface area (Å²) in [5, 5.41) is 11.8. The highest BCUT2D eigenvalue weighted by atomic mass is 32.2. The molecule has 0 bridgehead atoms. The summed E-state index contributed by atoms with van der Waals surface area (Å²) in [6.45, 7) is 0. The molecule has 3 N–H and O–H groups in total. The summed E-state index contributed by atoms with van der Waals surface area (Å²) in [4.78, 5) is 24.7. The van der Waals surface area contributed by atoms with Gasteiger partial charge in [0.15, 0.2) is 5.17 Å². The number of fused-ring (bicyclic) bond motifs is 1. The fourth-order valence-corrected chi connectivity index (χ4v) is 3.85. The van der Waals surface area contributed by atoms with Gasteiger partial charge in [0, 0.05) is 17.5 Å². The Labute approximate surface area is 166 Å². The predicted molar refractivity (Wildman–Crippen MR) is 114 cm³/mol. The molecular formula is C21H18N4O2S. The van der Waals surface area contributed by atoms with Gasteiger partial charge < -0.3 is 10.6 Å². The molecule has 4 rings (SSSR count). The third-order valence-electron chi connectivity index (χ3n) is 4.27. The van der Waals surface area contributed by atoms with Crippen LogP contribution in [-0.4, -0.2) is 22.2 Å². The first-order valence-corrected chi connectivity index (χ1v) is 9.71. The zero-order chi connectivity index (χ0) is 19.3. The maximum Gasteiger partial charge on any atom is 0.240 e. The van der Waals surface area contributed by atoms with Crippen LogP contribution in [0, 0.1) is 0 Å². The Morgan fingerprint density at radius 3 is 2.61 bits per heavy atom. The number of rotatable bonds is 5. The van der Waals surface area contributed by atoms with Crippen molar-refractivity contribution in [1.29, 1.82) is 0 Å². The lowest BCUT2D eigenvalue weighted by molar-refractivity contribution is -0.122. The average Bonchev–Trinajstić information content (AvgIpc) is 3.06. The van der Waals surface area contributed by atoms with Gasteiger partial charge in [-0.1, -0.05) is 66.4 Å². The lowest BCUT2D eigenvalue weighted by Crippen LogP contribution is -2.28. The SMILES string of the molecule is O=C(CC1SC(=NNc2ccccc2)NC1=O)Nc1cccc2ccccc12. The summed E-state index contributed by atoms with van der Waals surface area (Å²) < 4.78 is 0. The van der Waals surface area contributed by atoms with E-state index in [1.54, 1.807) is 0 Å². The number of benzene rings is 3. The number of para-hydroxylation sites is 1. The quantitative estimate of drug-likeness (QED) is 0.579. The molecule has 1 heterocycles. The van der Waals surface area contributed by atoms with E-state index in [0.717, 1.165) is 22.1 Å². The Bertz CT molecular complexity index is 1050. The van der Waals surface area contributed by atoms with Crippen molar-refractivity contribution < 1.29 is 9.59 Å². The van der Waals surface area contributed by atoms with Crippen LogP contribution < -0.4 is 16.1 Å². The molecule has 1 atom stereocenters. The fraction of sp³-hybridized carbons (Fsp3) is 0.0952. The molecule has 1 aliphatic heterocycles. The summed E-state index contributed by atoms with van der Waals surface area (Å²) in [6.07, 6.45) is 0.0735. The van der Waals surface area contributed by atoms with Crippen LogP contribution in [0.4, 0.5) is 11.4 Å². The standard InChI is InChI=1S/C21H18N4O2S/c26-19(22-17-12-6-8-14-7-4-5-11-16(14)17)13-18-20(27)23-21(28-18)25-24-15-9-2-1-3-10-15/h1-12,18,24H,13H2,(H,22,26)(H,23,25,27). The monoisotopic (exact) mass is 390 g/mol. The minimum absolute atomic E-state index is 0.0735. The van der Waals surface area contributed by atoms with Crippen LogP contribution in [0.1, 0.15) is 6.42 Å². The number of amides is 2. The molecular weight excluding hydrogens is 372 g/mol. The number of carbonyl (C=O) groups excluding carboxylic acids is 2. The van der Waals surface area contributed by atoms with Gasteiger partial charge in [-0.25, -0.2) is 0 Å². The van der Waals surface area contributed by atoms with Crippen molar-refractivity contribution in [2.45, 2.75) is 11.7 Å². The summed E-state index contributed by atoms with van der Waals surface area (Å²) in [5.74, 6) is -0.423. The Morgan fingerprint density at radius 2 is 1.75 bits per heavy atom. The normalized spacial score (nSPS) is 17.5. The first-order chi connectivity index (χ1) is 13.7. The molecule has 0 saturated carbocycles. The van der Waals surface area contributed by atoms with E-state index in [1.807, 2.05) is 72.8 Å². The maximum absolute atomic E-state index is 12.5. The number of anilines is 2. The van der Waals surface area contributed by atoms with Gasteiger partial charge >= 0.3 is 0 Å². The first-order valence-electron chi connectivity index (χ1n) is 8.83. The van der Waals surface area contributed by atoms with Crippen LogP contribution >= 0.6 is 11.8 Å². The average molecular weight is 390 g/mol. The van der Waals surface area contributed by atoms with Crippen molar-refractivity contribution in [1.82, 2.24) is 5.32 Å². The van der Waals surface area contributed by atoms with Crippen LogP contribution in [0.25, 0.3) is 10.8 Å². The highest BCUT2D eigenvalue weighted by Crippen LogP contribution is 2.26. The number of hydrazone groups is 1. The molecule has 2 amide bonds. The van der Waals surface area contributed by atoms with Crippen LogP contribution in [-0.2, 0) is 9.59 Å². The zero-order valence-corrected chi connectivity index (χ0v) is 15.7. The Hall–Kier alpha value is -3.32. The molecule has 0 spiro atoms. The van der Waals surface area contributed by atoms with Crippen LogP contribution in [0.3, 0.4) is 0 Å². The Morgan fingerprint density at radius 1 is 1.00 bits per heavy atom. The molecule has 0 aliphatic carbocycles. The zero-order valence-electron chi connectivity index (χ0n) is 14.9. The van der Waals surface area contributed by atoms with Gasteiger partial charge in [0.25, 0.3) is 0 Å². The summed E-state index contributed by atoms with van der Waals surface area (Å²) in [5.41, 5.74) is 4.46. The topological polar surface area (TPSA) is 82.6 Å². The smallest absolute Gasteiger partial charge is 0.240 e. The largest absolute Gasteiger partial charge is 0.325 e. The number of thioether (sulfide) groups is 1. The van der Waals surface area contributed by atoms with Crippen molar-refractivity contribution in [3.63, 3.8) is 0 Å². The summed E-state index contributed by atoms with van der Waals surface area (Å²) in [6, 6.07) is 23.0. The second-order valence-electron chi connectivity index (χ2n) is 6.27. The molecule has 140 valence electrons. The molecule has 7 heteroatoms. The van der Waals surface area contributed by atoms with Gasteiger partial charge in [0.1, 0.15) is 5.25 Å². The van der Waals surface area contributed by atoms with E-state index < -0.39 is 5.25 Å². The minimum Gasteiger partial charge on any atom is -0.325 e. The van der Waals surface area contributed by atoms with Gasteiger partial charge in [-0.2, -0.15) is 0 Å². The Balaban J connectivity index is 1.38. The third-order valence-corrected chi connectivity index (χ3v) is 5.35. The molecule has 1 fully saturated rings. The molecule has 3 aromatic rings. The molecule has 0 aromatic heterocycles. The van der Waals surface area contributed by atoms with Gasteiger partial charge in [0.2, 0.25) is 11.8 Å². The lowest BCUT2D eigenvalue weighted by Gasteiger charge is -2.10. The molecule has 0 radical (unpaired) electrons. The second-order valence-corrected chi connectivity index (χ2v) is 7.46. The van der Waals surface area contributed by atoms with E-state index >= 15 is 0 Å². The van der Waals surface area contributed by atoms with E-state index in [-0.39, 0.29) is 18.2 Å². The van der Waals surface area contributed by atoms with Gasteiger partial charge in [-0.05, 0) is 23.6 Å². The number of hydrogen-bond donors (Lipinski definition) is 3. The predicted octanol–water partition coefficient (Wildman–Crippen LogP) is 3.78. The van der Waals surface area contributed by atoms with E-state index in [9.17, 15) is 9.59 Å². The van der Waals surface area contributed by atoms with Gasteiger partial charge in [0.05, 0.1) is 5.69 Å². The van der Waals surface area contributed by atoms with E-state index in [0.29, 0.717) is 5.17 Å². The second kappa shape index (κ2) is 8.14. The number of hydrogen-bond acceptors (Lipinski definition) is 5. The molecule has 6 nitrogen and oxygen atoms in total. The van der Waals surface area contributed by atoms with E-state index in [1.165, 1.54) is 11.8 Å². The molecule has 3 aromatic carbocycles. The Kier molecular flexibility index (Phi) is 5.25. The fourth-order valence-electron chi connectivity index (χ4n) is 2.92. The van der Waals surface area contributed by atoms with E-state index in [4.69, 9.17) is 0 Å². The molecule has 1 aliphatic rings. The van der Waals surface area contributed by atoms with Crippen molar-refractivity contribution in [2.75, 3.05) is 10.7 Å². The summed E-state index contributed by atoms with van der Waals surface area (Å²) in [7, 11) is 0. The number of carbonyl (C=O) groups is 2. The van der Waals surface area contributed by atoms with Crippen LogP contribution in [0.5, 0.6) is 0 Å². The minimum atomic E-state index is -0.508. The van der Waals surface area contributed by atoms with Crippen LogP contribution in [0.15, 0.2) is 77.9 Å². The number of nitrogens with zero attached hydrogens (tertiary/aromatic N) is 1. The van der Waals surface area contributed by atoms with Crippen molar-refractivity contribution >= 4 is 50.9 Å². The highest BCUT2D eigenvalue weighted by molar-refractivity contribution is 8.15.